The first kappa shape index (κ1) is 11.0. The Balaban J connectivity index is 2.51. The molecule has 0 unspecified atom stereocenters. The lowest BCUT2D eigenvalue weighted by Gasteiger charge is -2.10. The molecule has 4 nitrogen and oxygen atoms in total. The van der Waals surface area contributed by atoms with Crippen molar-refractivity contribution in [3.63, 3.8) is 0 Å². The highest BCUT2D eigenvalue weighted by molar-refractivity contribution is 6.32. The highest BCUT2D eigenvalue weighted by Gasteiger charge is 2.23. The molecule has 1 aliphatic rings. The van der Waals surface area contributed by atoms with Crippen molar-refractivity contribution in [2.45, 2.75) is 13.0 Å². The standard InChI is InChI=1S/C11H10ClNO3/c1-15-9-4-7(5-13-6-14)10(12)8-2-3-16-11(8)9/h4H,2-3,5H2,1H3. The van der Waals surface area contributed by atoms with E-state index in [2.05, 4.69) is 4.99 Å². The molecule has 0 amide bonds. The van der Waals surface area contributed by atoms with Crippen molar-refractivity contribution in [1.82, 2.24) is 0 Å². The fourth-order valence-electron chi connectivity index (χ4n) is 1.75. The minimum absolute atomic E-state index is 0.214. The molecular weight excluding hydrogens is 230 g/mol. The molecule has 0 saturated heterocycles. The number of methoxy groups -OCH3 is 1. The Morgan fingerprint density at radius 2 is 2.50 bits per heavy atom. The van der Waals surface area contributed by atoms with Gasteiger partial charge in [0.25, 0.3) is 0 Å². The molecule has 0 N–H and O–H groups in total. The molecule has 2 rings (SSSR count). The van der Waals surface area contributed by atoms with Crippen LogP contribution in [0.3, 0.4) is 0 Å². The molecule has 1 heterocycles. The molecule has 0 aliphatic carbocycles. The van der Waals surface area contributed by atoms with Crippen molar-refractivity contribution in [3.8, 4) is 11.5 Å². The summed E-state index contributed by atoms with van der Waals surface area (Å²) < 4.78 is 10.7. The Morgan fingerprint density at radius 3 is 3.19 bits per heavy atom. The first-order valence-electron chi connectivity index (χ1n) is 4.82. The van der Waals surface area contributed by atoms with Gasteiger partial charge in [-0.1, -0.05) is 11.6 Å². The van der Waals surface area contributed by atoms with Crippen molar-refractivity contribution in [2.75, 3.05) is 13.7 Å². The van der Waals surface area contributed by atoms with E-state index in [4.69, 9.17) is 21.1 Å². The van der Waals surface area contributed by atoms with Crippen molar-refractivity contribution < 1.29 is 14.3 Å². The lowest BCUT2D eigenvalue weighted by Crippen LogP contribution is -1.93. The number of halogens is 1. The number of rotatable bonds is 3. The van der Waals surface area contributed by atoms with Gasteiger partial charge in [-0.25, -0.2) is 9.79 Å². The topological polar surface area (TPSA) is 47.9 Å². The van der Waals surface area contributed by atoms with E-state index in [1.165, 1.54) is 6.08 Å². The second-order valence-electron chi connectivity index (χ2n) is 3.37. The number of hydrogen-bond acceptors (Lipinski definition) is 4. The number of benzene rings is 1. The Morgan fingerprint density at radius 1 is 1.69 bits per heavy atom. The van der Waals surface area contributed by atoms with E-state index >= 15 is 0 Å². The number of aliphatic imine (C=N–C) groups is 1. The van der Waals surface area contributed by atoms with Gasteiger partial charge < -0.3 is 9.47 Å². The minimum Gasteiger partial charge on any atom is -0.493 e. The fraction of sp³-hybridized carbons (Fsp3) is 0.364. The van der Waals surface area contributed by atoms with Crippen molar-refractivity contribution in [3.05, 3.63) is 22.2 Å². The highest BCUT2D eigenvalue weighted by Crippen LogP contribution is 2.42. The third-order valence-corrected chi connectivity index (χ3v) is 2.95. The summed E-state index contributed by atoms with van der Waals surface area (Å²) in [6.45, 7) is 0.817. The average molecular weight is 240 g/mol. The van der Waals surface area contributed by atoms with Gasteiger partial charge in [-0.2, -0.15) is 0 Å². The van der Waals surface area contributed by atoms with Crippen LogP contribution in [0.1, 0.15) is 11.1 Å². The van der Waals surface area contributed by atoms with Gasteiger partial charge in [-0.3, -0.25) is 0 Å². The highest BCUT2D eigenvalue weighted by atomic mass is 35.5. The Labute approximate surface area is 97.8 Å². The van der Waals surface area contributed by atoms with Crippen LogP contribution in [-0.2, 0) is 17.8 Å². The van der Waals surface area contributed by atoms with E-state index in [1.807, 2.05) is 0 Å². The van der Waals surface area contributed by atoms with Gasteiger partial charge in [0.1, 0.15) is 0 Å². The lowest BCUT2D eigenvalue weighted by molar-refractivity contribution is 0.326. The van der Waals surface area contributed by atoms with E-state index in [-0.39, 0.29) is 6.54 Å². The monoisotopic (exact) mass is 239 g/mol. The maximum absolute atomic E-state index is 10.1. The number of fused-ring (bicyclic) bond motifs is 1. The summed E-state index contributed by atoms with van der Waals surface area (Å²) in [6.07, 6.45) is 2.25. The second-order valence-corrected chi connectivity index (χ2v) is 3.74. The molecule has 16 heavy (non-hydrogen) atoms. The van der Waals surface area contributed by atoms with E-state index in [9.17, 15) is 4.79 Å². The van der Waals surface area contributed by atoms with Crippen molar-refractivity contribution in [2.24, 2.45) is 4.99 Å². The molecule has 5 heteroatoms. The van der Waals surface area contributed by atoms with Gasteiger partial charge in [0.15, 0.2) is 11.5 Å². The molecule has 0 spiro atoms. The molecule has 0 bridgehead atoms. The average Bonchev–Trinajstić information content (AvgIpc) is 2.78. The van der Waals surface area contributed by atoms with Gasteiger partial charge in [-0.15, -0.1) is 0 Å². The first-order chi connectivity index (χ1) is 7.77. The zero-order valence-corrected chi connectivity index (χ0v) is 9.50. The summed E-state index contributed by atoms with van der Waals surface area (Å²) in [6, 6.07) is 1.74. The van der Waals surface area contributed by atoms with Crippen LogP contribution in [0.2, 0.25) is 5.02 Å². The van der Waals surface area contributed by atoms with Crippen LogP contribution in [-0.4, -0.2) is 19.8 Å². The summed E-state index contributed by atoms with van der Waals surface area (Å²) in [5, 5.41) is 0.604. The van der Waals surface area contributed by atoms with E-state index in [0.717, 1.165) is 17.5 Å². The number of nitrogens with zero attached hydrogens (tertiary/aromatic N) is 1. The van der Waals surface area contributed by atoms with Gasteiger partial charge in [-0.05, 0) is 11.6 Å². The molecule has 1 aromatic carbocycles. The molecule has 84 valence electrons. The first-order valence-corrected chi connectivity index (χ1v) is 5.20. The predicted octanol–water partition coefficient (Wildman–Crippen LogP) is 2.12. The quantitative estimate of drug-likeness (QED) is 0.600. The Bertz CT molecular complexity index is 467. The maximum atomic E-state index is 10.1. The fourth-order valence-corrected chi connectivity index (χ4v) is 2.04. The van der Waals surface area contributed by atoms with Crippen LogP contribution in [0.5, 0.6) is 11.5 Å². The Kier molecular flexibility index (Phi) is 3.13. The zero-order chi connectivity index (χ0) is 11.5. The Hall–Kier alpha value is -1.51. The summed E-state index contributed by atoms with van der Waals surface area (Å²) >= 11 is 6.19. The zero-order valence-electron chi connectivity index (χ0n) is 8.75. The van der Waals surface area contributed by atoms with Crippen LogP contribution in [0.15, 0.2) is 11.1 Å². The van der Waals surface area contributed by atoms with Gasteiger partial charge in [0, 0.05) is 12.0 Å². The van der Waals surface area contributed by atoms with Crippen LogP contribution < -0.4 is 9.47 Å². The van der Waals surface area contributed by atoms with Crippen molar-refractivity contribution >= 4 is 17.7 Å². The molecule has 0 fully saturated rings. The van der Waals surface area contributed by atoms with Gasteiger partial charge in [0.2, 0.25) is 6.08 Å². The SMILES string of the molecule is COc1cc(CN=C=O)c(Cl)c2c1OCC2. The van der Waals surface area contributed by atoms with E-state index in [1.54, 1.807) is 13.2 Å². The number of isocyanates is 1. The van der Waals surface area contributed by atoms with Crippen LogP contribution >= 0.6 is 11.6 Å². The molecule has 0 atom stereocenters. The molecule has 0 aromatic heterocycles. The second kappa shape index (κ2) is 4.56. The number of ether oxygens (including phenoxy) is 2. The summed E-state index contributed by atoms with van der Waals surface area (Å²) in [5.74, 6) is 1.33. The van der Waals surface area contributed by atoms with E-state index in [0.29, 0.717) is 23.1 Å². The summed E-state index contributed by atoms with van der Waals surface area (Å²) in [4.78, 5) is 13.6. The smallest absolute Gasteiger partial charge is 0.235 e. The molecule has 0 saturated carbocycles. The molecule has 1 aliphatic heterocycles. The lowest BCUT2D eigenvalue weighted by atomic mass is 10.1. The normalized spacial score (nSPS) is 12.6. The number of carbonyl (C=O) groups excluding carboxylic acids is 1. The predicted molar refractivity (Wildman–Crippen MR) is 59.0 cm³/mol. The van der Waals surface area contributed by atoms with Gasteiger partial charge in [0.05, 0.1) is 25.3 Å². The number of hydrogen-bond donors (Lipinski definition) is 0. The minimum atomic E-state index is 0.214. The third kappa shape index (κ3) is 1.77. The summed E-state index contributed by atoms with van der Waals surface area (Å²) in [7, 11) is 1.57. The molecular formula is C11H10ClNO3. The van der Waals surface area contributed by atoms with Crippen LogP contribution in [0, 0.1) is 0 Å². The molecule has 1 aromatic rings. The van der Waals surface area contributed by atoms with E-state index < -0.39 is 0 Å². The largest absolute Gasteiger partial charge is 0.493 e. The maximum Gasteiger partial charge on any atom is 0.235 e. The van der Waals surface area contributed by atoms with Crippen LogP contribution in [0.25, 0.3) is 0 Å². The third-order valence-electron chi connectivity index (χ3n) is 2.48. The van der Waals surface area contributed by atoms with Gasteiger partial charge >= 0.3 is 0 Å². The molecule has 0 radical (unpaired) electrons. The van der Waals surface area contributed by atoms with Crippen LogP contribution in [0.4, 0.5) is 0 Å². The summed E-state index contributed by atoms with van der Waals surface area (Å²) in [5.41, 5.74) is 1.68. The van der Waals surface area contributed by atoms with Crippen molar-refractivity contribution in [1.29, 1.82) is 0 Å².